The predicted molar refractivity (Wildman–Crippen MR) is 104 cm³/mol. The molecule has 4 nitrogen and oxygen atoms in total. The van der Waals surface area contributed by atoms with Crippen LogP contribution in [-0.4, -0.2) is 17.7 Å². The number of nitrogens with one attached hydrogen (secondary N) is 1. The van der Waals surface area contributed by atoms with Crippen LogP contribution < -0.4 is 10.1 Å². The van der Waals surface area contributed by atoms with Crippen LogP contribution in [0, 0.1) is 0 Å². The second kappa shape index (κ2) is 8.05. The lowest BCUT2D eigenvalue weighted by Gasteiger charge is -2.03. The molecule has 0 radical (unpaired) electrons. The van der Waals surface area contributed by atoms with E-state index in [1.165, 1.54) is 11.8 Å². The van der Waals surface area contributed by atoms with Crippen LogP contribution in [0.1, 0.15) is 5.56 Å². The number of carbonyl (C=O) groups excluding carboxylic acids is 1. The highest BCUT2D eigenvalue weighted by molar-refractivity contribution is 8.18. The Labute approximate surface area is 155 Å². The van der Waals surface area contributed by atoms with Gasteiger partial charge in [-0.1, -0.05) is 48.5 Å². The van der Waals surface area contributed by atoms with Crippen molar-refractivity contribution in [2.75, 3.05) is 6.61 Å². The Kier molecular flexibility index (Phi) is 5.58. The summed E-state index contributed by atoms with van der Waals surface area (Å²) < 4.78 is 5.44. The quantitative estimate of drug-likeness (QED) is 0.607. The molecule has 0 aromatic heterocycles. The number of hydrogen-bond acceptors (Lipinski definition) is 4. The Morgan fingerprint density at radius 3 is 2.68 bits per heavy atom. The summed E-state index contributed by atoms with van der Waals surface area (Å²) in [6, 6.07) is 14.7. The Morgan fingerprint density at radius 1 is 1.20 bits per heavy atom. The first-order valence-electron chi connectivity index (χ1n) is 7.53. The van der Waals surface area contributed by atoms with Gasteiger partial charge in [-0.05, 0) is 47.7 Å². The molecular weight excluding hydrogens is 356 g/mol. The molecule has 1 saturated heterocycles. The number of para-hydroxylation sites is 1. The number of rotatable bonds is 5. The smallest absolute Gasteiger partial charge is 0.264 e. The largest absolute Gasteiger partial charge is 0.490 e. The van der Waals surface area contributed by atoms with Crippen molar-refractivity contribution in [2.24, 2.45) is 4.99 Å². The van der Waals surface area contributed by atoms with E-state index in [-0.39, 0.29) is 5.91 Å². The third kappa shape index (κ3) is 4.53. The summed E-state index contributed by atoms with van der Waals surface area (Å²) in [6.45, 7) is 4.07. The third-order valence-corrected chi connectivity index (χ3v) is 4.50. The van der Waals surface area contributed by atoms with Gasteiger partial charge in [-0.25, -0.2) is 4.99 Å². The number of halogens is 1. The summed E-state index contributed by atoms with van der Waals surface area (Å²) in [4.78, 5) is 17.1. The normalized spacial score (nSPS) is 16.9. The van der Waals surface area contributed by atoms with Crippen molar-refractivity contribution in [1.29, 1.82) is 0 Å². The minimum Gasteiger partial charge on any atom is -0.490 e. The minimum atomic E-state index is -0.178. The fraction of sp³-hybridized carbons (Fsp3) is 0.0526. The van der Waals surface area contributed by atoms with Crippen molar-refractivity contribution in [2.45, 2.75) is 0 Å². The van der Waals surface area contributed by atoms with Gasteiger partial charge in [0, 0.05) is 0 Å². The van der Waals surface area contributed by atoms with Crippen LogP contribution in [-0.2, 0) is 4.79 Å². The number of amidine groups is 1. The van der Waals surface area contributed by atoms with Gasteiger partial charge in [-0.2, -0.15) is 0 Å². The Balaban J connectivity index is 1.75. The van der Waals surface area contributed by atoms with Gasteiger partial charge in [0.25, 0.3) is 5.91 Å². The molecule has 2 aromatic carbocycles. The average Bonchev–Trinajstić information content (AvgIpc) is 2.95. The first kappa shape index (κ1) is 17.3. The van der Waals surface area contributed by atoms with Crippen LogP contribution in [0.2, 0.25) is 5.02 Å². The van der Waals surface area contributed by atoms with E-state index in [1.54, 1.807) is 18.2 Å². The summed E-state index contributed by atoms with van der Waals surface area (Å²) in [7, 11) is 0. The number of amides is 1. The molecule has 0 aliphatic carbocycles. The Bertz CT molecular complexity index is 860. The second-order valence-corrected chi connectivity index (χ2v) is 6.54. The van der Waals surface area contributed by atoms with Crippen molar-refractivity contribution in [3.63, 3.8) is 0 Å². The maximum absolute atomic E-state index is 12.1. The van der Waals surface area contributed by atoms with E-state index < -0.39 is 0 Å². The van der Waals surface area contributed by atoms with E-state index in [9.17, 15) is 4.79 Å². The lowest BCUT2D eigenvalue weighted by atomic mass is 10.2. The van der Waals surface area contributed by atoms with Gasteiger partial charge in [0.2, 0.25) is 0 Å². The van der Waals surface area contributed by atoms with E-state index in [0.717, 1.165) is 11.3 Å². The molecule has 0 spiro atoms. The number of carbonyl (C=O) groups is 1. The molecule has 1 heterocycles. The highest BCUT2D eigenvalue weighted by Crippen LogP contribution is 2.30. The highest BCUT2D eigenvalue weighted by Gasteiger charge is 2.23. The molecular formula is C19H15ClN2O2S. The zero-order valence-electron chi connectivity index (χ0n) is 13.2. The van der Waals surface area contributed by atoms with Gasteiger partial charge in [-0.3, -0.25) is 4.79 Å². The van der Waals surface area contributed by atoms with Crippen LogP contribution in [0.15, 0.2) is 71.1 Å². The van der Waals surface area contributed by atoms with Crippen molar-refractivity contribution in [3.8, 4) is 5.75 Å². The van der Waals surface area contributed by atoms with Gasteiger partial charge < -0.3 is 10.1 Å². The summed E-state index contributed by atoms with van der Waals surface area (Å²) in [6.07, 6.45) is 3.50. The molecule has 2 aromatic rings. The van der Waals surface area contributed by atoms with E-state index in [1.807, 2.05) is 42.5 Å². The fourth-order valence-electron chi connectivity index (χ4n) is 2.10. The number of aliphatic imine (C=N–C) groups is 1. The first-order chi connectivity index (χ1) is 12.2. The van der Waals surface area contributed by atoms with E-state index in [4.69, 9.17) is 16.3 Å². The monoisotopic (exact) mass is 370 g/mol. The molecule has 25 heavy (non-hydrogen) atoms. The lowest BCUT2D eigenvalue weighted by molar-refractivity contribution is -0.115. The number of benzene rings is 2. The average molecular weight is 371 g/mol. The molecule has 0 saturated carbocycles. The van der Waals surface area contributed by atoms with Gasteiger partial charge >= 0.3 is 0 Å². The second-order valence-electron chi connectivity index (χ2n) is 5.10. The molecule has 1 amide bonds. The van der Waals surface area contributed by atoms with E-state index in [2.05, 4.69) is 16.9 Å². The molecule has 126 valence electrons. The van der Waals surface area contributed by atoms with Gasteiger partial charge in [-0.15, -0.1) is 0 Å². The van der Waals surface area contributed by atoms with E-state index >= 15 is 0 Å². The number of nitrogens with zero attached hydrogens (tertiary/aromatic N) is 1. The maximum atomic E-state index is 12.1. The highest BCUT2D eigenvalue weighted by atomic mass is 35.5. The molecule has 1 aliphatic rings. The van der Waals surface area contributed by atoms with Crippen LogP contribution in [0.5, 0.6) is 5.75 Å². The molecule has 1 fully saturated rings. The van der Waals surface area contributed by atoms with Gasteiger partial charge in [0.1, 0.15) is 12.4 Å². The molecule has 6 heteroatoms. The molecule has 1 N–H and O–H groups in total. The summed E-state index contributed by atoms with van der Waals surface area (Å²) in [5, 5.41) is 3.80. The number of thioether (sulfide) groups is 1. The van der Waals surface area contributed by atoms with E-state index in [0.29, 0.717) is 27.4 Å². The molecule has 0 unspecified atom stereocenters. The Morgan fingerprint density at radius 2 is 1.96 bits per heavy atom. The molecule has 3 rings (SSSR count). The van der Waals surface area contributed by atoms with Crippen molar-refractivity contribution >= 4 is 46.2 Å². The van der Waals surface area contributed by atoms with Crippen LogP contribution in [0.25, 0.3) is 6.08 Å². The third-order valence-electron chi connectivity index (χ3n) is 3.27. The van der Waals surface area contributed by atoms with Crippen LogP contribution in [0.3, 0.4) is 0 Å². The number of hydrogen-bond donors (Lipinski definition) is 1. The van der Waals surface area contributed by atoms with Crippen LogP contribution in [0.4, 0.5) is 5.69 Å². The fourth-order valence-corrected chi connectivity index (χ4v) is 3.11. The van der Waals surface area contributed by atoms with Gasteiger partial charge in [0.05, 0.1) is 15.6 Å². The SMILES string of the molecule is C=CCOc1ccc(/C=C2\SC(=Nc3ccccc3Cl)NC2=O)cc1. The molecule has 1 aliphatic heterocycles. The zero-order valence-corrected chi connectivity index (χ0v) is 14.8. The minimum absolute atomic E-state index is 0.178. The Hall–Kier alpha value is -2.50. The maximum Gasteiger partial charge on any atom is 0.264 e. The van der Waals surface area contributed by atoms with Crippen molar-refractivity contribution < 1.29 is 9.53 Å². The predicted octanol–water partition coefficient (Wildman–Crippen LogP) is 4.80. The van der Waals surface area contributed by atoms with Gasteiger partial charge in [0.15, 0.2) is 5.17 Å². The van der Waals surface area contributed by atoms with Crippen molar-refractivity contribution in [3.05, 3.63) is 76.7 Å². The lowest BCUT2D eigenvalue weighted by Crippen LogP contribution is -2.19. The molecule has 0 bridgehead atoms. The van der Waals surface area contributed by atoms with Crippen LogP contribution >= 0.6 is 23.4 Å². The van der Waals surface area contributed by atoms with Crippen molar-refractivity contribution in [1.82, 2.24) is 5.32 Å². The first-order valence-corrected chi connectivity index (χ1v) is 8.73. The molecule has 0 atom stereocenters. The summed E-state index contributed by atoms with van der Waals surface area (Å²) in [5.74, 6) is 0.578. The summed E-state index contributed by atoms with van der Waals surface area (Å²) in [5.41, 5.74) is 1.53. The standard InChI is InChI=1S/C19H15ClN2O2S/c1-2-11-24-14-9-7-13(8-10-14)12-17-18(23)22-19(25-17)21-16-6-4-3-5-15(16)20/h2-10,12H,1,11H2,(H,21,22,23)/b17-12-. The topological polar surface area (TPSA) is 50.7 Å². The zero-order chi connectivity index (χ0) is 17.6. The number of ether oxygens (including phenoxy) is 1. The summed E-state index contributed by atoms with van der Waals surface area (Å²) >= 11 is 7.38.